The van der Waals surface area contributed by atoms with Gasteiger partial charge >= 0.3 is 0 Å². The van der Waals surface area contributed by atoms with Gasteiger partial charge in [-0.15, -0.1) is 11.3 Å². The van der Waals surface area contributed by atoms with Gasteiger partial charge in [0.15, 0.2) is 0 Å². The van der Waals surface area contributed by atoms with Crippen LogP contribution >= 0.6 is 27.3 Å². The molecule has 0 fully saturated rings. The highest BCUT2D eigenvalue weighted by atomic mass is 79.9. The number of hydrogen-bond donors (Lipinski definition) is 0. The number of fused-ring (bicyclic) bond motifs is 1. The van der Waals surface area contributed by atoms with Gasteiger partial charge in [0.05, 0.1) is 10.1 Å². The molecule has 0 spiro atoms. The molecule has 3 rings (SSSR count). The summed E-state index contributed by atoms with van der Waals surface area (Å²) in [5.74, 6) is 0. The van der Waals surface area contributed by atoms with E-state index in [1.165, 1.54) is 25.0 Å². The number of nitrogens with zero attached hydrogens (tertiary/aromatic N) is 2. The first-order chi connectivity index (χ1) is 8.74. The normalized spacial score (nSPS) is 11.2. The maximum Gasteiger partial charge on any atom is 0.0946 e. The van der Waals surface area contributed by atoms with Gasteiger partial charge in [-0.2, -0.15) is 0 Å². The van der Waals surface area contributed by atoms with Gasteiger partial charge in [-0.25, -0.2) is 4.98 Å². The number of thiophene rings is 1. The number of imidazole rings is 1. The number of halogens is 1. The van der Waals surface area contributed by atoms with E-state index in [1.54, 1.807) is 0 Å². The summed E-state index contributed by atoms with van der Waals surface area (Å²) in [5.41, 5.74) is 2.72. The SMILES string of the molecule is Cc1c(Br)sc2cc(CCn3ccnc3)ccc12. The van der Waals surface area contributed by atoms with Crippen LogP contribution < -0.4 is 0 Å². The summed E-state index contributed by atoms with van der Waals surface area (Å²) in [4.78, 5) is 4.06. The van der Waals surface area contributed by atoms with Gasteiger partial charge in [0.2, 0.25) is 0 Å². The molecule has 2 aromatic heterocycles. The fourth-order valence-electron chi connectivity index (χ4n) is 2.07. The van der Waals surface area contributed by atoms with Crippen molar-refractivity contribution in [2.24, 2.45) is 0 Å². The highest BCUT2D eigenvalue weighted by Crippen LogP contribution is 2.35. The van der Waals surface area contributed by atoms with Gasteiger partial charge in [-0.1, -0.05) is 12.1 Å². The lowest BCUT2D eigenvalue weighted by atomic mass is 10.1. The number of aryl methyl sites for hydroxylation is 3. The van der Waals surface area contributed by atoms with Crippen LogP contribution in [0.5, 0.6) is 0 Å². The summed E-state index contributed by atoms with van der Waals surface area (Å²) < 4.78 is 4.71. The first-order valence-electron chi connectivity index (χ1n) is 5.87. The van der Waals surface area contributed by atoms with E-state index < -0.39 is 0 Å². The topological polar surface area (TPSA) is 17.8 Å². The molecule has 0 saturated heterocycles. The molecule has 1 aromatic carbocycles. The van der Waals surface area contributed by atoms with Gasteiger partial charge in [-0.3, -0.25) is 0 Å². The molecular weight excluding hydrogens is 308 g/mol. The van der Waals surface area contributed by atoms with Crippen molar-refractivity contribution in [2.45, 2.75) is 19.9 Å². The van der Waals surface area contributed by atoms with Crippen molar-refractivity contribution in [3.8, 4) is 0 Å². The molecule has 0 radical (unpaired) electrons. The number of benzene rings is 1. The first kappa shape index (κ1) is 11.9. The Morgan fingerprint density at radius 3 is 3.06 bits per heavy atom. The molecule has 4 heteroatoms. The molecule has 0 aliphatic rings. The van der Waals surface area contributed by atoms with E-state index in [4.69, 9.17) is 0 Å². The van der Waals surface area contributed by atoms with Crippen LogP contribution in [-0.4, -0.2) is 9.55 Å². The Hall–Kier alpha value is -1.13. The quantitative estimate of drug-likeness (QED) is 0.698. The van der Waals surface area contributed by atoms with Gasteiger partial charge < -0.3 is 4.57 Å². The fraction of sp³-hybridized carbons (Fsp3) is 0.214. The minimum Gasteiger partial charge on any atom is -0.337 e. The van der Waals surface area contributed by atoms with E-state index in [2.05, 4.69) is 50.6 Å². The van der Waals surface area contributed by atoms with Crippen molar-refractivity contribution in [1.82, 2.24) is 9.55 Å². The predicted molar refractivity (Wildman–Crippen MR) is 80.2 cm³/mol. The van der Waals surface area contributed by atoms with Crippen LogP contribution in [0.4, 0.5) is 0 Å². The number of hydrogen-bond acceptors (Lipinski definition) is 2. The monoisotopic (exact) mass is 320 g/mol. The second-order valence-corrected chi connectivity index (χ2v) is 6.75. The van der Waals surface area contributed by atoms with E-state index in [9.17, 15) is 0 Å². The third-order valence-electron chi connectivity index (χ3n) is 3.16. The third-order valence-corrected chi connectivity index (χ3v) is 5.29. The summed E-state index contributed by atoms with van der Waals surface area (Å²) in [6, 6.07) is 6.76. The van der Waals surface area contributed by atoms with Crippen LogP contribution in [0, 0.1) is 6.92 Å². The molecule has 0 amide bonds. The van der Waals surface area contributed by atoms with E-state index in [0.29, 0.717) is 0 Å². The first-order valence-corrected chi connectivity index (χ1v) is 7.48. The molecule has 0 N–H and O–H groups in total. The van der Waals surface area contributed by atoms with Crippen LogP contribution in [-0.2, 0) is 13.0 Å². The number of rotatable bonds is 3. The second kappa shape index (κ2) is 4.86. The van der Waals surface area contributed by atoms with Crippen molar-refractivity contribution < 1.29 is 0 Å². The summed E-state index contributed by atoms with van der Waals surface area (Å²) in [5, 5.41) is 1.36. The summed E-state index contributed by atoms with van der Waals surface area (Å²) in [6.45, 7) is 3.14. The third kappa shape index (κ3) is 2.22. The van der Waals surface area contributed by atoms with Gasteiger partial charge in [0.25, 0.3) is 0 Å². The lowest BCUT2D eigenvalue weighted by molar-refractivity contribution is 0.696. The maximum absolute atomic E-state index is 4.06. The lowest BCUT2D eigenvalue weighted by Gasteiger charge is -2.03. The standard InChI is InChI=1S/C14H13BrN2S/c1-10-12-3-2-11(8-13(12)18-14(10)15)4-6-17-7-5-16-9-17/h2-3,5,7-9H,4,6H2,1H3. The minimum atomic E-state index is 0.983. The molecular formula is C14H13BrN2S. The smallest absolute Gasteiger partial charge is 0.0946 e. The highest BCUT2D eigenvalue weighted by molar-refractivity contribution is 9.11. The second-order valence-electron chi connectivity index (χ2n) is 4.38. The van der Waals surface area contributed by atoms with Gasteiger partial charge in [0, 0.05) is 23.6 Å². The zero-order valence-corrected chi connectivity index (χ0v) is 12.5. The molecule has 0 bridgehead atoms. The molecule has 0 aliphatic heterocycles. The minimum absolute atomic E-state index is 0.983. The Morgan fingerprint density at radius 1 is 1.39 bits per heavy atom. The maximum atomic E-state index is 4.06. The van der Waals surface area contributed by atoms with Crippen molar-refractivity contribution in [3.05, 3.63) is 51.8 Å². The Balaban J connectivity index is 1.85. The van der Waals surface area contributed by atoms with E-state index in [0.717, 1.165) is 13.0 Å². The highest BCUT2D eigenvalue weighted by Gasteiger charge is 2.06. The average Bonchev–Trinajstić information content (AvgIpc) is 2.97. The van der Waals surface area contributed by atoms with Gasteiger partial charge in [0.1, 0.15) is 0 Å². The van der Waals surface area contributed by atoms with Crippen LogP contribution in [0.15, 0.2) is 40.7 Å². The molecule has 2 nitrogen and oxygen atoms in total. The largest absolute Gasteiger partial charge is 0.337 e. The fourth-order valence-corrected chi connectivity index (χ4v) is 3.81. The van der Waals surface area contributed by atoms with Crippen LogP contribution in [0.1, 0.15) is 11.1 Å². The average molecular weight is 321 g/mol. The molecule has 0 aliphatic carbocycles. The zero-order valence-electron chi connectivity index (χ0n) is 10.1. The Kier molecular flexibility index (Phi) is 3.22. The Morgan fingerprint density at radius 2 is 2.28 bits per heavy atom. The predicted octanol–water partition coefficient (Wildman–Crippen LogP) is 4.41. The molecule has 0 atom stereocenters. The zero-order chi connectivity index (χ0) is 12.5. The molecule has 92 valence electrons. The summed E-state index contributed by atoms with van der Waals surface area (Å²) >= 11 is 5.42. The molecule has 18 heavy (non-hydrogen) atoms. The molecule has 2 heterocycles. The van der Waals surface area contributed by atoms with Crippen molar-refractivity contribution in [3.63, 3.8) is 0 Å². The Labute approximate surface area is 118 Å². The van der Waals surface area contributed by atoms with E-state index >= 15 is 0 Å². The molecule has 3 aromatic rings. The van der Waals surface area contributed by atoms with Crippen molar-refractivity contribution >= 4 is 37.4 Å². The van der Waals surface area contributed by atoms with Crippen molar-refractivity contribution in [1.29, 1.82) is 0 Å². The Bertz CT molecular complexity index is 670. The van der Waals surface area contributed by atoms with E-state index in [-0.39, 0.29) is 0 Å². The summed E-state index contributed by atoms with van der Waals surface area (Å²) in [7, 11) is 0. The lowest BCUT2D eigenvalue weighted by Crippen LogP contribution is -1.98. The van der Waals surface area contributed by atoms with Crippen LogP contribution in [0.25, 0.3) is 10.1 Å². The van der Waals surface area contributed by atoms with E-state index in [1.807, 2.05) is 30.1 Å². The molecule has 0 unspecified atom stereocenters. The van der Waals surface area contributed by atoms with Gasteiger partial charge in [-0.05, 0) is 51.9 Å². The summed E-state index contributed by atoms with van der Waals surface area (Å²) in [6.07, 6.45) is 6.73. The van der Waals surface area contributed by atoms with Crippen molar-refractivity contribution in [2.75, 3.05) is 0 Å². The molecule has 0 saturated carbocycles. The van der Waals surface area contributed by atoms with Crippen LogP contribution in [0.3, 0.4) is 0 Å². The number of aromatic nitrogens is 2. The van der Waals surface area contributed by atoms with Crippen LogP contribution in [0.2, 0.25) is 0 Å².